The van der Waals surface area contributed by atoms with Crippen molar-refractivity contribution in [3.8, 4) is 0 Å². The monoisotopic (exact) mass is 384 g/mol. The lowest BCUT2D eigenvalue weighted by Crippen LogP contribution is -2.36. The number of carbonyl (C=O) groups is 2. The molecule has 6 heteroatoms. The van der Waals surface area contributed by atoms with E-state index in [0.29, 0.717) is 17.1 Å². The van der Waals surface area contributed by atoms with Crippen molar-refractivity contribution in [2.75, 3.05) is 30.4 Å². The van der Waals surface area contributed by atoms with Crippen LogP contribution in [-0.2, 0) is 28.8 Å². The minimum absolute atomic E-state index is 0.0875. The van der Waals surface area contributed by atoms with Crippen molar-refractivity contribution in [3.63, 3.8) is 0 Å². The van der Waals surface area contributed by atoms with Crippen LogP contribution in [0.5, 0.6) is 0 Å². The molecule has 0 saturated carbocycles. The summed E-state index contributed by atoms with van der Waals surface area (Å²) in [6.07, 6.45) is 6.16. The molecule has 0 saturated heterocycles. The second-order valence-corrected chi connectivity index (χ2v) is 8.21. The molecule has 2 aliphatic rings. The molecule has 1 aromatic carbocycles. The van der Waals surface area contributed by atoms with Crippen molar-refractivity contribution in [1.82, 2.24) is 0 Å². The number of esters is 1. The Bertz CT molecular complexity index is 874. The molecule has 5 nitrogen and oxygen atoms in total. The zero-order valence-electron chi connectivity index (χ0n) is 15.5. The normalized spacial score (nSPS) is 15.7. The van der Waals surface area contributed by atoms with Crippen LogP contribution in [0, 0.1) is 0 Å². The van der Waals surface area contributed by atoms with Crippen molar-refractivity contribution in [2.45, 2.75) is 38.5 Å². The van der Waals surface area contributed by atoms with Crippen LogP contribution in [0.3, 0.4) is 0 Å². The highest BCUT2D eigenvalue weighted by Crippen LogP contribution is 2.38. The molecule has 1 aliphatic heterocycles. The number of ether oxygens (including phenoxy) is 1. The molecule has 4 rings (SSSR count). The highest BCUT2D eigenvalue weighted by atomic mass is 32.1. The third-order valence-electron chi connectivity index (χ3n) is 5.35. The van der Waals surface area contributed by atoms with Gasteiger partial charge in [0.2, 0.25) is 5.91 Å². The quantitative estimate of drug-likeness (QED) is 0.815. The number of benzene rings is 1. The molecule has 0 atom stereocenters. The van der Waals surface area contributed by atoms with Gasteiger partial charge in [0.1, 0.15) is 5.00 Å². The maximum Gasteiger partial charge on any atom is 0.341 e. The molecule has 1 aliphatic carbocycles. The van der Waals surface area contributed by atoms with Gasteiger partial charge in [-0.15, -0.1) is 11.3 Å². The number of anilines is 2. The fourth-order valence-electron chi connectivity index (χ4n) is 4.09. The highest BCUT2D eigenvalue weighted by Gasteiger charge is 2.27. The van der Waals surface area contributed by atoms with Gasteiger partial charge >= 0.3 is 5.97 Å². The Morgan fingerprint density at radius 3 is 2.81 bits per heavy atom. The number of methoxy groups -OCH3 is 1. The van der Waals surface area contributed by atoms with Gasteiger partial charge in [0.15, 0.2) is 0 Å². The number of nitrogens with zero attached hydrogens (tertiary/aromatic N) is 1. The third-order valence-corrected chi connectivity index (χ3v) is 6.56. The van der Waals surface area contributed by atoms with E-state index >= 15 is 0 Å². The van der Waals surface area contributed by atoms with Gasteiger partial charge in [0.05, 0.1) is 19.2 Å². The van der Waals surface area contributed by atoms with Crippen LogP contribution >= 0.6 is 11.3 Å². The summed E-state index contributed by atoms with van der Waals surface area (Å²) < 4.78 is 4.99. The molecule has 0 spiro atoms. The van der Waals surface area contributed by atoms with Gasteiger partial charge in [-0.1, -0.05) is 18.2 Å². The lowest BCUT2D eigenvalue weighted by molar-refractivity contribution is -0.115. The molecular weight excluding hydrogens is 360 g/mol. The van der Waals surface area contributed by atoms with Crippen LogP contribution in [-0.4, -0.2) is 32.1 Å². The van der Waals surface area contributed by atoms with Crippen molar-refractivity contribution in [1.29, 1.82) is 0 Å². The Morgan fingerprint density at radius 1 is 1.15 bits per heavy atom. The molecular formula is C21H24N2O3S. The van der Waals surface area contributed by atoms with Crippen molar-refractivity contribution >= 4 is 33.9 Å². The fourth-order valence-corrected chi connectivity index (χ4v) is 5.38. The molecule has 0 radical (unpaired) electrons. The number of amides is 1. The highest BCUT2D eigenvalue weighted by molar-refractivity contribution is 7.17. The third kappa shape index (κ3) is 3.58. The van der Waals surface area contributed by atoms with Gasteiger partial charge < -0.3 is 15.0 Å². The number of hydrogen-bond donors (Lipinski definition) is 1. The van der Waals surface area contributed by atoms with Crippen LogP contribution in [0.15, 0.2) is 24.3 Å². The zero-order chi connectivity index (χ0) is 18.8. The van der Waals surface area contributed by atoms with Crippen LogP contribution in [0.1, 0.15) is 45.6 Å². The number of fused-ring (bicyclic) bond motifs is 2. The minimum atomic E-state index is -0.354. The standard InChI is InChI=1S/C21H24N2O3S/c1-26-21(25)19-15-9-3-5-11-17(15)27-20(19)22-18(24)13-23-12-6-8-14-7-2-4-10-16(14)23/h2,4,7,10H,3,5-6,8-9,11-13H2,1H3,(H,22,24). The number of hydrogen-bond acceptors (Lipinski definition) is 5. The Kier molecular flexibility index (Phi) is 5.16. The summed E-state index contributed by atoms with van der Waals surface area (Å²) in [4.78, 5) is 28.4. The Labute approximate surface area is 163 Å². The number of rotatable bonds is 4. The SMILES string of the molecule is COC(=O)c1c(NC(=O)CN2CCCc3ccccc32)sc2c1CCCC2. The number of para-hydroxylation sites is 1. The van der Waals surface area contributed by atoms with Gasteiger partial charge in [-0.05, 0) is 55.7 Å². The maximum atomic E-state index is 12.8. The predicted octanol–water partition coefficient (Wildman–Crippen LogP) is 3.80. The molecule has 0 fully saturated rings. The number of nitrogens with one attached hydrogen (secondary N) is 1. The van der Waals surface area contributed by atoms with Crippen LogP contribution in [0.2, 0.25) is 0 Å². The summed E-state index contributed by atoms with van der Waals surface area (Å²) in [7, 11) is 1.39. The Balaban J connectivity index is 1.54. The second kappa shape index (κ2) is 7.72. The van der Waals surface area contributed by atoms with E-state index in [2.05, 4.69) is 22.3 Å². The van der Waals surface area contributed by atoms with E-state index in [1.54, 1.807) is 0 Å². The average Bonchev–Trinajstić information content (AvgIpc) is 3.05. The number of thiophene rings is 1. The maximum absolute atomic E-state index is 12.8. The summed E-state index contributed by atoms with van der Waals surface area (Å²) >= 11 is 1.53. The van der Waals surface area contributed by atoms with Crippen molar-refractivity contribution in [2.24, 2.45) is 0 Å². The molecule has 0 bridgehead atoms. The first-order chi connectivity index (χ1) is 13.2. The predicted molar refractivity (Wildman–Crippen MR) is 108 cm³/mol. The van der Waals surface area contributed by atoms with E-state index in [-0.39, 0.29) is 11.9 Å². The Hall–Kier alpha value is -2.34. The van der Waals surface area contributed by atoms with Crippen LogP contribution in [0.4, 0.5) is 10.7 Å². The summed E-state index contributed by atoms with van der Waals surface area (Å²) in [5.74, 6) is -0.441. The van der Waals surface area contributed by atoms with E-state index in [1.165, 1.54) is 28.9 Å². The smallest absolute Gasteiger partial charge is 0.341 e. The average molecular weight is 385 g/mol. The van der Waals surface area contributed by atoms with Gasteiger partial charge in [0.25, 0.3) is 0 Å². The molecule has 0 unspecified atom stereocenters. The van der Waals surface area contributed by atoms with Crippen LogP contribution in [0.25, 0.3) is 0 Å². The first-order valence-electron chi connectivity index (χ1n) is 9.53. The van der Waals surface area contributed by atoms with Gasteiger partial charge in [-0.25, -0.2) is 4.79 Å². The largest absolute Gasteiger partial charge is 0.465 e. The fraction of sp³-hybridized carbons (Fsp3) is 0.429. The van der Waals surface area contributed by atoms with Gasteiger partial charge in [0, 0.05) is 17.1 Å². The molecule has 27 heavy (non-hydrogen) atoms. The zero-order valence-corrected chi connectivity index (χ0v) is 16.4. The van der Waals surface area contributed by atoms with Crippen molar-refractivity contribution in [3.05, 3.63) is 45.8 Å². The minimum Gasteiger partial charge on any atom is -0.465 e. The molecule has 1 N–H and O–H groups in total. The first kappa shape index (κ1) is 18.0. The molecule has 2 heterocycles. The van der Waals surface area contributed by atoms with Crippen LogP contribution < -0.4 is 10.2 Å². The number of carbonyl (C=O) groups excluding carboxylic acids is 2. The summed E-state index contributed by atoms with van der Waals surface area (Å²) in [5.41, 5.74) is 4.05. The summed E-state index contributed by atoms with van der Waals surface area (Å²) in [6, 6.07) is 8.26. The Morgan fingerprint density at radius 2 is 1.96 bits per heavy atom. The first-order valence-corrected chi connectivity index (χ1v) is 10.3. The van der Waals surface area contributed by atoms with E-state index in [0.717, 1.165) is 56.3 Å². The number of aryl methyl sites for hydroxylation is 2. The van der Waals surface area contributed by atoms with E-state index < -0.39 is 0 Å². The summed E-state index contributed by atoms with van der Waals surface area (Å²) in [5, 5.41) is 3.64. The molecule has 2 aromatic rings. The second-order valence-electron chi connectivity index (χ2n) is 7.11. The van der Waals surface area contributed by atoms with Gasteiger partial charge in [-0.2, -0.15) is 0 Å². The summed E-state index contributed by atoms with van der Waals surface area (Å²) in [6.45, 7) is 1.16. The molecule has 1 amide bonds. The van der Waals surface area contributed by atoms with E-state index in [4.69, 9.17) is 4.74 Å². The molecule has 142 valence electrons. The van der Waals surface area contributed by atoms with Crippen molar-refractivity contribution < 1.29 is 14.3 Å². The van der Waals surface area contributed by atoms with Gasteiger partial charge in [-0.3, -0.25) is 4.79 Å². The lowest BCUT2D eigenvalue weighted by Gasteiger charge is -2.30. The van der Waals surface area contributed by atoms with E-state index in [9.17, 15) is 9.59 Å². The topological polar surface area (TPSA) is 58.6 Å². The molecule has 1 aromatic heterocycles. The van der Waals surface area contributed by atoms with E-state index in [1.807, 2.05) is 12.1 Å². The lowest BCUT2D eigenvalue weighted by atomic mass is 9.95.